The van der Waals surface area contributed by atoms with Crippen LogP contribution in [-0.2, 0) is 9.53 Å². The van der Waals surface area contributed by atoms with E-state index in [1.807, 2.05) is 6.92 Å². The molecular formula is C10H17NO3. The summed E-state index contributed by atoms with van der Waals surface area (Å²) in [5.41, 5.74) is -0.624. The van der Waals surface area contributed by atoms with Gasteiger partial charge < -0.3 is 15.2 Å². The molecule has 0 spiro atoms. The number of hydrogen-bond acceptors (Lipinski definition) is 3. The fourth-order valence-electron chi connectivity index (χ4n) is 2.00. The Labute approximate surface area is 83.6 Å². The predicted molar refractivity (Wildman–Crippen MR) is 50.8 cm³/mol. The van der Waals surface area contributed by atoms with Gasteiger partial charge in [0.2, 0.25) is 0 Å². The first-order valence-electron chi connectivity index (χ1n) is 5.23. The minimum Gasteiger partial charge on any atom is -0.393 e. The van der Waals surface area contributed by atoms with Crippen molar-refractivity contribution in [3.8, 4) is 0 Å². The molecule has 2 aliphatic rings. The van der Waals surface area contributed by atoms with Gasteiger partial charge in [0.05, 0.1) is 6.10 Å². The summed E-state index contributed by atoms with van der Waals surface area (Å²) in [7, 11) is 0. The maximum absolute atomic E-state index is 11.8. The Kier molecular flexibility index (Phi) is 2.49. The van der Waals surface area contributed by atoms with Crippen molar-refractivity contribution in [1.82, 2.24) is 5.32 Å². The topological polar surface area (TPSA) is 58.6 Å². The molecule has 0 aromatic carbocycles. The highest BCUT2D eigenvalue weighted by Gasteiger charge is 2.40. The summed E-state index contributed by atoms with van der Waals surface area (Å²) in [6.07, 6.45) is 2.90. The number of carbonyl (C=O) groups is 1. The van der Waals surface area contributed by atoms with Crippen molar-refractivity contribution in [3.63, 3.8) is 0 Å². The predicted octanol–water partition coefficient (Wildman–Crippen LogP) is 0.195. The van der Waals surface area contributed by atoms with E-state index in [9.17, 15) is 4.79 Å². The largest absolute Gasteiger partial charge is 0.393 e. The molecule has 4 nitrogen and oxygen atoms in total. The Morgan fingerprint density at radius 3 is 2.79 bits per heavy atom. The third-order valence-electron chi connectivity index (χ3n) is 3.15. The monoisotopic (exact) mass is 199 g/mol. The zero-order valence-corrected chi connectivity index (χ0v) is 8.45. The van der Waals surface area contributed by atoms with E-state index < -0.39 is 5.60 Å². The van der Waals surface area contributed by atoms with Crippen LogP contribution in [0.2, 0.25) is 0 Å². The number of ether oxygens (including phenoxy) is 1. The highest BCUT2D eigenvalue weighted by molar-refractivity contribution is 5.85. The Morgan fingerprint density at radius 1 is 1.57 bits per heavy atom. The molecule has 0 aromatic heterocycles. The molecular weight excluding hydrogens is 182 g/mol. The van der Waals surface area contributed by atoms with Gasteiger partial charge in [-0.15, -0.1) is 0 Å². The molecule has 1 saturated carbocycles. The van der Waals surface area contributed by atoms with Crippen LogP contribution < -0.4 is 5.32 Å². The van der Waals surface area contributed by atoms with Crippen molar-refractivity contribution >= 4 is 5.91 Å². The van der Waals surface area contributed by atoms with Crippen LogP contribution in [0.5, 0.6) is 0 Å². The molecule has 1 aliphatic heterocycles. The van der Waals surface area contributed by atoms with Gasteiger partial charge in [0.1, 0.15) is 5.60 Å². The Hall–Kier alpha value is -0.610. The van der Waals surface area contributed by atoms with Gasteiger partial charge in [0.25, 0.3) is 5.91 Å². The maximum atomic E-state index is 11.8. The van der Waals surface area contributed by atoms with Crippen molar-refractivity contribution in [3.05, 3.63) is 0 Å². The van der Waals surface area contributed by atoms with Crippen molar-refractivity contribution in [2.75, 3.05) is 6.61 Å². The second-order valence-corrected chi connectivity index (χ2v) is 4.48. The van der Waals surface area contributed by atoms with Crippen molar-refractivity contribution in [2.24, 2.45) is 0 Å². The highest BCUT2D eigenvalue weighted by atomic mass is 16.5. The Balaban J connectivity index is 1.83. The van der Waals surface area contributed by atoms with E-state index in [0.717, 1.165) is 12.8 Å². The lowest BCUT2D eigenvalue weighted by atomic mass is 9.88. The third-order valence-corrected chi connectivity index (χ3v) is 3.15. The second-order valence-electron chi connectivity index (χ2n) is 4.48. The smallest absolute Gasteiger partial charge is 0.252 e. The van der Waals surface area contributed by atoms with Crippen LogP contribution in [0.15, 0.2) is 0 Å². The van der Waals surface area contributed by atoms with Gasteiger partial charge in [-0.2, -0.15) is 0 Å². The standard InChI is InChI=1S/C10H17NO3/c1-10(3-2-4-14-10)9(13)11-7-5-8(12)6-7/h7-8,12H,2-6H2,1H3,(H,11,13). The van der Waals surface area contributed by atoms with Crippen LogP contribution in [0.1, 0.15) is 32.6 Å². The minimum atomic E-state index is -0.624. The Bertz CT molecular complexity index is 230. The van der Waals surface area contributed by atoms with Gasteiger partial charge in [-0.1, -0.05) is 0 Å². The van der Waals surface area contributed by atoms with Gasteiger partial charge in [0, 0.05) is 12.6 Å². The van der Waals surface area contributed by atoms with Gasteiger partial charge in [-0.05, 0) is 32.6 Å². The summed E-state index contributed by atoms with van der Waals surface area (Å²) < 4.78 is 5.42. The Morgan fingerprint density at radius 2 is 2.29 bits per heavy atom. The van der Waals surface area contributed by atoms with Crippen LogP contribution in [0.4, 0.5) is 0 Å². The van der Waals surface area contributed by atoms with E-state index in [1.165, 1.54) is 0 Å². The van der Waals surface area contributed by atoms with Gasteiger partial charge in [-0.3, -0.25) is 4.79 Å². The molecule has 1 atom stereocenters. The number of rotatable bonds is 2. The third kappa shape index (κ3) is 1.77. The fraction of sp³-hybridized carbons (Fsp3) is 0.900. The van der Waals surface area contributed by atoms with Crippen molar-refractivity contribution in [2.45, 2.75) is 50.4 Å². The summed E-state index contributed by atoms with van der Waals surface area (Å²) >= 11 is 0. The van der Waals surface area contributed by atoms with Gasteiger partial charge in [-0.25, -0.2) is 0 Å². The van der Waals surface area contributed by atoms with E-state index in [1.54, 1.807) is 0 Å². The normalized spacial score (nSPS) is 41.9. The van der Waals surface area contributed by atoms with Crippen molar-refractivity contribution in [1.29, 1.82) is 0 Å². The van der Waals surface area contributed by atoms with E-state index >= 15 is 0 Å². The summed E-state index contributed by atoms with van der Waals surface area (Å²) in [6, 6.07) is 0.151. The van der Waals surface area contributed by atoms with E-state index in [4.69, 9.17) is 9.84 Å². The molecule has 14 heavy (non-hydrogen) atoms. The molecule has 0 bridgehead atoms. The van der Waals surface area contributed by atoms with Crippen molar-refractivity contribution < 1.29 is 14.6 Å². The molecule has 1 heterocycles. The quantitative estimate of drug-likeness (QED) is 0.667. The van der Waals surface area contributed by atoms with Gasteiger partial charge >= 0.3 is 0 Å². The van der Waals surface area contributed by atoms with E-state index in [2.05, 4.69) is 5.32 Å². The number of aliphatic hydroxyl groups is 1. The zero-order valence-electron chi connectivity index (χ0n) is 8.45. The maximum Gasteiger partial charge on any atom is 0.252 e. The summed E-state index contributed by atoms with van der Waals surface area (Å²) in [6.45, 7) is 2.52. The number of nitrogens with one attached hydrogen (secondary N) is 1. The molecule has 2 N–H and O–H groups in total. The highest BCUT2D eigenvalue weighted by Crippen LogP contribution is 2.27. The lowest BCUT2D eigenvalue weighted by Gasteiger charge is -2.34. The number of carbonyl (C=O) groups excluding carboxylic acids is 1. The molecule has 2 fully saturated rings. The molecule has 1 amide bonds. The molecule has 0 radical (unpaired) electrons. The number of amides is 1. The fourth-order valence-corrected chi connectivity index (χ4v) is 2.00. The molecule has 1 unspecified atom stereocenters. The molecule has 0 aromatic rings. The molecule has 2 rings (SSSR count). The van der Waals surface area contributed by atoms with E-state index in [0.29, 0.717) is 19.4 Å². The number of hydrogen-bond donors (Lipinski definition) is 2. The first-order valence-corrected chi connectivity index (χ1v) is 5.23. The first kappa shape index (κ1) is 9.93. The van der Waals surface area contributed by atoms with Crippen LogP contribution in [-0.4, -0.2) is 35.4 Å². The SMILES string of the molecule is CC1(C(=O)NC2CC(O)C2)CCCO1. The lowest BCUT2D eigenvalue weighted by Crippen LogP contribution is -2.53. The summed E-state index contributed by atoms with van der Waals surface area (Å²) in [5.74, 6) is -0.0214. The van der Waals surface area contributed by atoms with E-state index in [-0.39, 0.29) is 18.1 Å². The summed E-state index contributed by atoms with van der Waals surface area (Å²) in [5, 5.41) is 12.0. The van der Waals surface area contributed by atoms with Crippen LogP contribution >= 0.6 is 0 Å². The molecule has 4 heteroatoms. The lowest BCUT2D eigenvalue weighted by molar-refractivity contribution is -0.141. The second kappa shape index (κ2) is 3.51. The molecule has 1 aliphatic carbocycles. The van der Waals surface area contributed by atoms with Gasteiger partial charge in [0.15, 0.2) is 0 Å². The number of aliphatic hydroxyl groups excluding tert-OH is 1. The van der Waals surface area contributed by atoms with Crippen LogP contribution in [0.3, 0.4) is 0 Å². The average Bonchev–Trinajstić information content (AvgIpc) is 2.51. The first-order chi connectivity index (χ1) is 6.60. The molecule has 1 saturated heterocycles. The zero-order chi connectivity index (χ0) is 10.2. The van der Waals surface area contributed by atoms with Crippen LogP contribution in [0.25, 0.3) is 0 Å². The van der Waals surface area contributed by atoms with Crippen LogP contribution in [0, 0.1) is 0 Å². The average molecular weight is 199 g/mol. The minimum absolute atomic E-state index is 0.0214. The molecule has 80 valence electrons. The summed E-state index contributed by atoms with van der Waals surface area (Å²) in [4.78, 5) is 11.8.